The molecule has 10 heteroatoms. The highest BCUT2D eigenvalue weighted by molar-refractivity contribution is 6.31. The van der Waals surface area contributed by atoms with Crippen LogP contribution in [0.1, 0.15) is 17.5 Å². The number of anilines is 2. The van der Waals surface area contributed by atoms with E-state index in [2.05, 4.69) is 10.3 Å². The molecule has 1 aromatic carbocycles. The fourth-order valence-electron chi connectivity index (χ4n) is 3.21. The number of hydrogen-bond acceptors (Lipinski definition) is 5. The largest absolute Gasteiger partial charge is 0.417 e. The van der Waals surface area contributed by atoms with E-state index >= 15 is 0 Å². The third kappa shape index (κ3) is 5.62. The standard InChI is InChI=1S/C20H19ClF3N5O/c21-16-4-2-14(11-25)17(10-16)27-19(30)13-28-6-1-7-29(9-8-28)18-5-3-15(12-26-18)20(22,23)24/h2-5,10,12H,1,6-9,13H2,(H,27,30). The summed E-state index contributed by atoms with van der Waals surface area (Å²) in [6.07, 6.45) is -2.84. The van der Waals surface area contributed by atoms with Gasteiger partial charge in [-0.15, -0.1) is 0 Å². The van der Waals surface area contributed by atoms with Crippen LogP contribution in [0, 0.1) is 11.3 Å². The number of nitrogens with one attached hydrogen (secondary N) is 1. The molecule has 0 saturated carbocycles. The molecule has 0 radical (unpaired) electrons. The first kappa shape index (κ1) is 21.9. The average molecular weight is 438 g/mol. The highest BCUT2D eigenvalue weighted by atomic mass is 35.5. The summed E-state index contributed by atoms with van der Waals surface area (Å²) in [4.78, 5) is 20.2. The molecule has 0 atom stereocenters. The van der Waals surface area contributed by atoms with Crippen LogP contribution in [0.4, 0.5) is 24.7 Å². The van der Waals surface area contributed by atoms with Gasteiger partial charge in [0.25, 0.3) is 0 Å². The summed E-state index contributed by atoms with van der Waals surface area (Å²) < 4.78 is 38.1. The van der Waals surface area contributed by atoms with E-state index in [9.17, 15) is 18.0 Å². The monoisotopic (exact) mass is 437 g/mol. The van der Waals surface area contributed by atoms with E-state index in [4.69, 9.17) is 16.9 Å². The molecule has 1 saturated heterocycles. The molecule has 30 heavy (non-hydrogen) atoms. The summed E-state index contributed by atoms with van der Waals surface area (Å²) >= 11 is 5.93. The van der Waals surface area contributed by atoms with Gasteiger partial charge in [0.2, 0.25) is 5.91 Å². The summed E-state index contributed by atoms with van der Waals surface area (Å²) in [6, 6.07) is 9.05. The normalized spacial score (nSPS) is 15.4. The average Bonchev–Trinajstić information content (AvgIpc) is 2.93. The number of carbonyl (C=O) groups excluding carboxylic acids is 1. The van der Waals surface area contributed by atoms with Gasteiger partial charge in [0, 0.05) is 37.4 Å². The van der Waals surface area contributed by atoms with Gasteiger partial charge >= 0.3 is 6.18 Å². The SMILES string of the molecule is N#Cc1ccc(Cl)cc1NC(=O)CN1CCCN(c2ccc(C(F)(F)F)cn2)CC1. The van der Waals surface area contributed by atoms with Gasteiger partial charge in [0.15, 0.2) is 0 Å². The molecule has 0 unspecified atom stereocenters. The fourth-order valence-corrected chi connectivity index (χ4v) is 3.38. The van der Waals surface area contributed by atoms with Gasteiger partial charge in [-0.2, -0.15) is 18.4 Å². The van der Waals surface area contributed by atoms with Gasteiger partial charge in [-0.3, -0.25) is 9.69 Å². The number of rotatable bonds is 4. The van der Waals surface area contributed by atoms with Crippen molar-refractivity contribution in [1.29, 1.82) is 5.26 Å². The number of benzene rings is 1. The maximum atomic E-state index is 12.7. The van der Waals surface area contributed by atoms with Crippen molar-refractivity contribution in [3.8, 4) is 6.07 Å². The van der Waals surface area contributed by atoms with Gasteiger partial charge in [0.1, 0.15) is 11.9 Å². The number of hydrogen-bond donors (Lipinski definition) is 1. The van der Waals surface area contributed by atoms with Crippen LogP contribution in [0.25, 0.3) is 0 Å². The zero-order valence-electron chi connectivity index (χ0n) is 15.9. The molecule has 6 nitrogen and oxygen atoms in total. The smallest absolute Gasteiger partial charge is 0.355 e. The Labute approximate surface area is 176 Å². The van der Waals surface area contributed by atoms with Crippen LogP contribution in [0.2, 0.25) is 5.02 Å². The minimum atomic E-state index is -4.41. The van der Waals surface area contributed by atoms with Crippen LogP contribution in [-0.2, 0) is 11.0 Å². The Kier molecular flexibility index (Phi) is 6.80. The second kappa shape index (κ2) is 9.32. The van der Waals surface area contributed by atoms with Gasteiger partial charge in [-0.25, -0.2) is 4.98 Å². The lowest BCUT2D eigenvalue weighted by Crippen LogP contribution is -2.36. The second-order valence-corrected chi connectivity index (χ2v) is 7.31. The summed E-state index contributed by atoms with van der Waals surface area (Å²) in [5.74, 6) is 0.210. The maximum Gasteiger partial charge on any atom is 0.417 e. The third-order valence-electron chi connectivity index (χ3n) is 4.73. The van der Waals surface area contributed by atoms with Gasteiger partial charge in [0.05, 0.1) is 23.4 Å². The predicted octanol–water partition coefficient (Wildman–Crippen LogP) is 3.78. The molecule has 2 aromatic rings. The van der Waals surface area contributed by atoms with E-state index in [0.717, 1.165) is 18.7 Å². The Hall–Kier alpha value is -2.83. The van der Waals surface area contributed by atoms with Crippen LogP contribution in [0.3, 0.4) is 0 Å². The van der Waals surface area contributed by atoms with E-state index in [1.165, 1.54) is 12.1 Å². The Morgan fingerprint density at radius 3 is 2.67 bits per heavy atom. The van der Waals surface area contributed by atoms with Crippen molar-refractivity contribution in [3.63, 3.8) is 0 Å². The van der Waals surface area contributed by atoms with Gasteiger partial charge in [-0.05, 0) is 36.8 Å². The molecule has 2 heterocycles. The molecule has 1 N–H and O–H groups in total. The number of pyridine rings is 1. The zero-order chi connectivity index (χ0) is 21.7. The Balaban J connectivity index is 1.57. The van der Waals surface area contributed by atoms with E-state index in [1.54, 1.807) is 12.1 Å². The van der Waals surface area contributed by atoms with Crippen molar-refractivity contribution in [3.05, 3.63) is 52.7 Å². The highest BCUT2D eigenvalue weighted by Crippen LogP contribution is 2.29. The Bertz CT molecular complexity index is 943. The maximum absolute atomic E-state index is 12.7. The van der Waals surface area contributed by atoms with Crippen molar-refractivity contribution in [2.24, 2.45) is 0 Å². The number of halogens is 4. The number of carbonyl (C=O) groups is 1. The lowest BCUT2D eigenvalue weighted by atomic mass is 10.2. The first-order valence-electron chi connectivity index (χ1n) is 9.26. The lowest BCUT2D eigenvalue weighted by Gasteiger charge is -2.23. The van der Waals surface area contributed by atoms with Crippen molar-refractivity contribution in [2.75, 3.05) is 42.9 Å². The molecule has 1 aliphatic rings. The van der Waals surface area contributed by atoms with Crippen LogP contribution < -0.4 is 10.2 Å². The van der Waals surface area contributed by atoms with E-state index < -0.39 is 11.7 Å². The molecular weight excluding hydrogens is 419 g/mol. The summed E-state index contributed by atoms with van der Waals surface area (Å²) in [5.41, 5.74) is -0.0966. The van der Waals surface area contributed by atoms with E-state index in [1.807, 2.05) is 15.9 Å². The number of amides is 1. The molecule has 0 spiro atoms. The van der Waals surface area contributed by atoms with Gasteiger partial charge < -0.3 is 10.2 Å². The molecule has 3 rings (SSSR count). The van der Waals surface area contributed by atoms with E-state index in [0.29, 0.717) is 48.3 Å². The second-order valence-electron chi connectivity index (χ2n) is 6.87. The minimum absolute atomic E-state index is 0.131. The molecule has 1 aromatic heterocycles. The first-order valence-corrected chi connectivity index (χ1v) is 9.64. The quantitative estimate of drug-likeness (QED) is 0.788. The summed E-state index contributed by atoms with van der Waals surface area (Å²) in [5, 5.41) is 12.3. The summed E-state index contributed by atoms with van der Waals surface area (Å²) in [6.45, 7) is 2.50. The van der Waals surface area contributed by atoms with Crippen LogP contribution in [0.15, 0.2) is 36.5 Å². The third-order valence-corrected chi connectivity index (χ3v) is 4.97. The van der Waals surface area contributed by atoms with Crippen LogP contribution in [-0.4, -0.2) is 48.5 Å². The fraction of sp³-hybridized carbons (Fsp3) is 0.350. The minimum Gasteiger partial charge on any atom is -0.355 e. The molecule has 1 amide bonds. The number of alkyl halides is 3. The topological polar surface area (TPSA) is 72.3 Å². The Morgan fingerprint density at radius 1 is 1.20 bits per heavy atom. The zero-order valence-corrected chi connectivity index (χ0v) is 16.7. The Morgan fingerprint density at radius 2 is 2.00 bits per heavy atom. The first-order chi connectivity index (χ1) is 14.3. The molecule has 0 aliphatic carbocycles. The van der Waals surface area contributed by atoms with Crippen molar-refractivity contribution in [1.82, 2.24) is 9.88 Å². The molecule has 1 aliphatic heterocycles. The van der Waals surface area contributed by atoms with Crippen LogP contribution >= 0.6 is 11.6 Å². The number of nitriles is 1. The molecular formula is C20H19ClF3N5O. The van der Waals surface area contributed by atoms with E-state index in [-0.39, 0.29) is 12.5 Å². The highest BCUT2D eigenvalue weighted by Gasteiger charge is 2.31. The van der Waals surface area contributed by atoms with Crippen molar-refractivity contribution in [2.45, 2.75) is 12.6 Å². The molecule has 0 bridgehead atoms. The predicted molar refractivity (Wildman–Crippen MR) is 107 cm³/mol. The van der Waals surface area contributed by atoms with Crippen molar-refractivity contribution >= 4 is 29.0 Å². The lowest BCUT2D eigenvalue weighted by molar-refractivity contribution is -0.137. The molecule has 158 valence electrons. The van der Waals surface area contributed by atoms with Crippen LogP contribution in [0.5, 0.6) is 0 Å². The van der Waals surface area contributed by atoms with Crippen molar-refractivity contribution < 1.29 is 18.0 Å². The number of nitrogens with zero attached hydrogens (tertiary/aromatic N) is 4. The number of aromatic nitrogens is 1. The van der Waals surface area contributed by atoms with Gasteiger partial charge in [-0.1, -0.05) is 11.6 Å². The summed E-state index contributed by atoms with van der Waals surface area (Å²) in [7, 11) is 0. The molecule has 1 fully saturated rings.